The van der Waals surface area contributed by atoms with Crippen molar-refractivity contribution in [2.24, 2.45) is 0 Å². The van der Waals surface area contributed by atoms with Gasteiger partial charge in [-0.25, -0.2) is 4.79 Å². The molecular weight excluding hydrogens is 226 g/mol. The van der Waals surface area contributed by atoms with Crippen LogP contribution in [-0.4, -0.2) is 23.6 Å². The zero-order valence-electron chi connectivity index (χ0n) is 9.31. The summed E-state index contributed by atoms with van der Waals surface area (Å²) in [4.78, 5) is 13.3. The zero-order chi connectivity index (χ0) is 11.7. The van der Waals surface area contributed by atoms with Crippen molar-refractivity contribution < 1.29 is 9.53 Å². The minimum Gasteiger partial charge on any atom is -0.439 e. The van der Waals surface area contributed by atoms with Crippen molar-refractivity contribution in [2.45, 2.75) is 26.0 Å². The topological polar surface area (TPSA) is 29.5 Å². The van der Waals surface area contributed by atoms with Gasteiger partial charge in [-0.3, -0.25) is 0 Å². The van der Waals surface area contributed by atoms with Crippen LogP contribution in [0, 0.1) is 0 Å². The number of cyclic esters (lactones) is 1. The third-order valence-electron chi connectivity index (χ3n) is 2.91. The summed E-state index contributed by atoms with van der Waals surface area (Å²) in [6.45, 7) is 4.59. The molecule has 4 heteroatoms. The summed E-state index contributed by atoms with van der Waals surface area (Å²) >= 11 is 5.92. The molecular formula is C12H14ClNO2. The van der Waals surface area contributed by atoms with Gasteiger partial charge in [-0.2, -0.15) is 0 Å². The van der Waals surface area contributed by atoms with Crippen LogP contribution in [0.15, 0.2) is 24.3 Å². The van der Waals surface area contributed by atoms with E-state index in [2.05, 4.69) is 0 Å². The number of halogens is 1. The molecule has 0 bridgehead atoms. The Kier molecular flexibility index (Phi) is 3.06. The minimum absolute atomic E-state index is 0.0518. The number of ether oxygens (including phenoxy) is 1. The second-order valence-corrected chi connectivity index (χ2v) is 4.32. The molecule has 0 saturated carbocycles. The predicted octanol–water partition coefficient (Wildman–Crippen LogP) is 3.24. The fraction of sp³-hybridized carbons (Fsp3) is 0.417. The van der Waals surface area contributed by atoms with Crippen molar-refractivity contribution in [3.63, 3.8) is 0 Å². The van der Waals surface area contributed by atoms with E-state index in [-0.39, 0.29) is 18.2 Å². The highest BCUT2D eigenvalue weighted by Crippen LogP contribution is 2.32. The first-order valence-corrected chi connectivity index (χ1v) is 5.74. The Morgan fingerprint density at radius 1 is 1.50 bits per heavy atom. The second kappa shape index (κ2) is 4.34. The fourth-order valence-electron chi connectivity index (χ4n) is 2.05. The van der Waals surface area contributed by atoms with Gasteiger partial charge in [0, 0.05) is 11.6 Å². The van der Waals surface area contributed by atoms with Crippen LogP contribution in [0.4, 0.5) is 4.79 Å². The van der Waals surface area contributed by atoms with Gasteiger partial charge in [0.1, 0.15) is 6.10 Å². The van der Waals surface area contributed by atoms with Crippen molar-refractivity contribution >= 4 is 17.7 Å². The molecule has 16 heavy (non-hydrogen) atoms. The van der Waals surface area contributed by atoms with Crippen molar-refractivity contribution in [3.8, 4) is 0 Å². The largest absolute Gasteiger partial charge is 0.439 e. The number of carbonyl (C=O) groups excluding carboxylic acids is 1. The molecule has 0 spiro atoms. The molecule has 1 amide bonds. The minimum atomic E-state index is -0.250. The number of hydrogen-bond acceptors (Lipinski definition) is 2. The molecule has 2 atom stereocenters. The van der Waals surface area contributed by atoms with Gasteiger partial charge in [-0.15, -0.1) is 0 Å². The monoisotopic (exact) mass is 239 g/mol. The van der Waals surface area contributed by atoms with E-state index in [4.69, 9.17) is 16.3 Å². The normalized spacial score (nSPS) is 24.7. The maximum absolute atomic E-state index is 11.6. The first-order chi connectivity index (χ1) is 7.63. The Morgan fingerprint density at radius 2 is 2.25 bits per heavy atom. The van der Waals surface area contributed by atoms with Crippen LogP contribution in [0.2, 0.25) is 5.02 Å². The molecule has 0 unspecified atom stereocenters. The summed E-state index contributed by atoms with van der Waals surface area (Å²) in [5.74, 6) is 0. The summed E-state index contributed by atoms with van der Waals surface area (Å²) in [5.41, 5.74) is 0.948. The third-order valence-corrected chi connectivity index (χ3v) is 3.15. The van der Waals surface area contributed by atoms with Gasteiger partial charge in [-0.05, 0) is 31.5 Å². The Bertz CT molecular complexity index is 408. The van der Waals surface area contributed by atoms with Gasteiger partial charge in [0.05, 0.1) is 6.04 Å². The van der Waals surface area contributed by atoms with Gasteiger partial charge in [0.2, 0.25) is 0 Å². The van der Waals surface area contributed by atoms with E-state index in [0.29, 0.717) is 11.6 Å². The molecule has 3 nitrogen and oxygen atoms in total. The molecule has 1 saturated heterocycles. The summed E-state index contributed by atoms with van der Waals surface area (Å²) in [7, 11) is 0. The fourth-order valence-corrected chi connectivity index (χ4v) is 2.25. The van der Waals surface area contributed by atoms with E-state index in [1.165, 1.54) is 0 Å². The highest BCUT2D eigenvalue weighted by molar-refractivity contribution is 6.30. The van der Waals surface area contributed by atoms with Crippen LogP contribution in [0.1, 0.15) is 25.5 Å². The standard InChI is InChI=1S/C12H14ClNO2/c1-3-14-8(2)11(16-12(14)15)9-5-4-6-10(13)7-9/h4-8,11H,3H2,1-2H3/t8-,11-/m0/s1. The molecule has 0 radical (unpaired) electrons. The number of amides is 1. The molecule has 0 aliphatic carbocycles. The lowest BCUT2D eigenvalue weighted by atomic mass is 10.0. The Morgan fingerprint density at radius 3 is 2.81 bits per heavy atom. The molecule has 2 rings (SSSR count). The Labute approximate surface area is 100.0 Å². The molecule has 0 aromatic heterocycles. The second-order valence-electron chi connectivity index (χ2n) is 3.89. The van der Waals surface area contributed by atoms with Crippen LogP contribution in [-0.2, 0) is 4.74 Å². The van der Waals surface area contributed by atoms with E-state index in [0.717, 1.165) is 5.56 Å². The van der Waals surface area contributed by atoms with Crippen molar-refractivity contribution in [2.75, 3.05) is 6.54 Å². The average molecular weight is 240 g/mol. The van der Waals surface area contributed by atoms with E-state index in [9.17, 15) is 4.79 Å². The maximum Gasteiger partial charge on any atom is 0.410 e. The number of likely N-dealkylation sites (N-methyl/N-ethyl adjacent to an activating group) is 1. The number of hydrogen-bond donors (Lipinski definition) is 0. The summed E-state index contributed by atoms with van der Waals surface area (Å²) in [6, 6.07) is 7.50. The van der Waals surface area contributed by atoms with Crippen LogP contribution in [0.5, 0.6) is 0 Å². The lowest BCUT2D eigenvalue weighted by Crippen LogP contribution is -2.31. The van der Waals surface area contributed by atoms with Gasteiger partial charge >= 0.3 is 6.09 Å². The van der Waals surface area contributed by atoms with Crippen molar-refractivity contribution in [1.82, 2.24) is 4.90 Å². The predicted molar refractivity (Wildman–Crippen MR) is 62.5 cm³/mol. The quantitative estimate of drug-likeness (QED) is 0.793. The molecule has 1 aromatic carbocycles. The van der Waals surface area contributed by atoms with Crippen LogP contribution < -0.4 is 0 Å². The molecule has 1 aromatic rings. The smallest absolute Gasteiger partial charge is 0.410 e. The SMILES string of the molecule is CCN1C(=O)O[C@H](c2cccc(Cl)c2)[C@@H]1C. The highest BCUT2D eigenvalue weighted by atomic mass is 35.5. The van der Waals surface area contributed by atoms with Crippen molar-refractivity contribution in [3.05, 3.63) is 34.9 Å². The molecule has 86 valence electrons. The van der Waals surface area contributed by atoms with E-state index >= 15 is 0 Å². The molecule has 1 fully saturated rings. The first-order valence-electron chi connectivity index (χ1n) is 5.36. The van der Waals surface area contributed by atoms with Gasteiger partial charge in [0.25, 0.3) is 0 Å². The first kappa shape index (κ1) is 11.3. The van der Waals surface area contributed by atoms with Crippen LogP contribution >= 0.6 is 11.6 Å². The van der Waals surface area contributed by atoms with Crippen molar-refractivity contribution in [1.29, 1.82) is 0 Å². The highest BCUT2D eigenvalue weighted by Gasteiger charge is 2.38. The zero-order valence-corrected chi connectivity index (χ0v) is 10.1. The lowest BCUT2D eigenvalue weighted by molar-refractivity contribution is 0.131. The van der Waals surface area contributed by atoms with Crippen LogP contribution in [0.25, 0.3) is 0 Å². The molecule has 0 N–H and O–H groups in total. The average Bonchev–Trinajstić information content (AvgIpc) is 2.54. The molecule has 1 aliphatic rings. The number of benzene rings is 1. The van der Waals surface area contributed by atoms with Crippen LogP contribution in [0.3, 0.4) is 0 Å². The summed E-state index contributed by atoms with van der Waals surface area (Å²) in [6.07, 6.45) is -0.467. The van der Waals surface area contributed by atoms with E-state index in [1.807, 2.05) is 38.1 Å². The lowest BCUT2D eigenvalue weighted by Gasteiger charge is -2.19. The molecule has 1 aliphatic heterocycles. The number of carbonyl (C=O) groups is 1. The molecule has 1 heterocycles. The van der Waals surface area contributed by atoms with E-state index < -0.39 is 0 Å². The van der Waals surface area contributed by atoms with Gasteiger partial charge < -0.3 is 9.64 Å². The Balaban J connectivity index is 2.27. The number of rotatable bonds is 2. The Hall–Kier alpha value is -1.22. The van der Waals surface area contributed by atoms with E-state index in [1.54, 1.807) is 4.90 Å². The maximum atomic E-state index is 11.6. The number of nitrogens with zero attached hydrogens (tertiary/aromatic N) is 1. The van der Waals surface area contributed by atoms with Gasteiger partial charge in [-0.1, -0.05) is 23.7 Å². The summed E-state index contributed by atoms with van der Waals surface area (Å²) < 4.78 is 5.35. The third kappa shape index (κ3) is 1.87. The summed E-state index contributed by atoms with van der Waals surface area (Å²) in [5, 5.41) is 0.663. The van der Waals surface area contributed by atoms with Gasteiger partial charge in [0.15, 0.2) is 0 Å².